The largest absolute Gasteiger partial charge is 0.529 e. The molecule has 0 spiro atoms. The molecule has 0 aliphatic rings. The molecule has 2 aromatic carbocycles. The first-order valence-corrected chi connectivity index (χ1v) is 6.57. The van der Waals surface area contributed by atoms with E-state index in [4.69, 9.17) is 4.74 Å². The second kappa shape index (κ2) is 5.69. The number of nitrogens with zero attached hydrogens (tertiary/aromatic N) is 3. The van der Waals surface area contributed by atoms with Crippen molar-refractivity contribution in [1.29, 1.82) is 0 Å². The molecule has 6 heteroatoms. The van der Waals surface area contributed by atoms with Crippen LogP contribution in [0.25, 0.3) is 11.0 Å². The normalized spacial score (nSPS) is 10.4. The number of fused-ring (bicyclic) bond motifs is 1. The Labute approximate surface area is 126 Å². The smallest absolute Gasteiger partial charge is 0.258 e. The number of hydrogen-bond donors (Lipinski definition) is 0. The van der Waals surface area contributed by atoms with Gasteiger partial charge in [0.2, 0.25) is 5.82 Å². The highest BCUT2D eigenvalue weighted by Gasteiger charge is 2.19. The third-order valence-corrected chi connectivity index (χ3v) is 3.12. The van der Waals surface area contributed by atoms with E-state index in [-0.39, 0.29) is 11.7 Å². The molecule has 0 aliphatic carbocycles. The molecule has 0 unspecified atom stereocenters. The Balaban J connectivity index is 2.23. The molecule has 22 heavy (non-hydrogen) atoms. The third kappa shape index (κ3) is 2.42. The summed E-state index contributed by atoms with van der Waals surface area (Å²) >= 11 is 0. The predicted octanol–water partition coefficient (Wildman–Crippen LogP) is 2.12. The van der Waals surface area contributed by atoms with Crippen LogP contribution in [0.4, 0.5) is 16.3 Å². The van der Waals surface area contributed by atoms with E-state index in [9.17, 15) is 9.90 Å². The number of aromatic nitrogens is 2. The van der Waals surface area contributed by atoms with Gasteiger partial charge in [-0.3, -0.25) is 4.90 Å². The van der Waals surface area contributed by atoms with Crippen LogP contribution in [-0.2, 0) is 0 Å². The first kappa shape index (κ1) is 13.8. The Morgan fingerprint density at radius 2 is 1.59 bits per heavy atom. The highest BCUT2D eigenvalue weighted by molar-refractivity contribution is 5.95. The third-order valence-electron chi connectivity index (χ3n) is 3.12. The minimum atomic E-state index is -1.41. The van der Waals surface area contributed by atoms with Crippen LogP contribution in [0.3, 0.4) is 0 Å². The van der Waals surface area contributed by atoms with Crippen molar-refractivity contribution in [2.75, 3.05) is 12.0 Å². The number of methoxy groups -OCH3 is 1. The van der Waals surface area contributed by atoms with E-state index < -0.39 is 6.09 Å². The number of amides is 1. The Bertz CT molecular complexity index is 821. The zero-order chi connectivity index (χ0) is 15.5. The van der Waals surface area contributed by atoms with Crippen molar-refractivity contribution >= 4 is 28.6 Å². The minimum absolute atomic E-state index is 0.0763. The van der Waals surface area contributed by atoms with Crippen LogP contribution in [-0.4, -0.2) is 23.2 Å². The molecule has 0 N–H and O–H groups in total. The molecule has 1 aromatic heterocycles. The van der Waals surface area contributed by atoms with Gasteiger partial charge in [-0.1, -0.05) is 30.3 Å². The van der Waals surface area contributed by atoms with Crippen LogP contribution in [0.15, 0.2) is 54.6 Å². The van der Waals surface area contributed by atoms with Crippen molar-refractivity contribution in [1.82, 2.24) is 9.97 Å². The Morgan fingerprint density at radius 1 is 1.00 bits per heavy atom. The van der Waals surface area contributed by atoms with Crippen LogP contribution in [0.2, 0.25) is 0 Å². The van der Waals surface area contributed by atoms with Gasteiger partial charge in [0.25, 0.3) is 5.88 Å². The molecule has 0 aliphatic heterocycles. The quantitative estimate of drug-likeness (QED) is 0.739. The average Bonchev–Trinajstić information content (AvgIpc) is 2.55. The summed E-state index contributed by atoms with van der Waals surface area (Å²) in [6, 6.07) is 15.7. The van der Waals surface area contributed by atoms with E-state index in [2.05, 4.69) is 9.97 Å². The van der Waals surface area contributed by atoms with E-state index in [1.54, 1.807) is 48.5 Å². The first-order valence-electron chi connectivity index (χ1n) is 6.57. The van der Waals surface area contributed by atoms with Crippen LogP contribution >= 0.6 is 0 Å². The molecule has 0 saturated carbocycles. The van der Waals surface area contributed by atoms with Crippen molar-refractivity contribution in [3.05, 3.63) is 54.6 Å². The molecule has 0 saturated heterocycles. The fraction of sp³-hybridized carbons (Fsp3) is 0.0625. The lowest BCUT2D eigenvalue weighted by Crippen LogP contribution is -2.38. The summed E-state index contributed by atoms with van der Waals surface area (Å²) in [6.45, 7) is 0. The number of benzene rings is 2. The second-order valence-corrected chi connectivity index (χ2v) is 4.48. The standard InChI is InChI=1S/C16H13N3O3/c1-22-15-14(17-12-9-5-6-10-13(12)18-15)19(16(20)21)11-7-3-2-4-8-11/h2-10H,1H3,(H,20,21)/p-1. The number of anilines is 2. The summed E-state index contributed by atoms with van der Waals surface area (Å²) in [6.07, 6.45) is -1.41. The molecule has 3 rings (SSSR count). The molecule has 1 heterocycles. The number of carbonyl (C=O) groups excluding carboxylic acids is 1. The Morgan fingerprint density at radius 3 is 2.18 bits per heavy atom. The number of hydrogen-bond acceptors (Lipinski definition) is 5. The highest BCUT2D eigenvalue weighted by Crippen LogP contribution is 2.31. The lowest BCUT2D eigenvalue weighted by molar-refractivity contribution is -0.245. The number of ether oxygens (including phenoxy) is 1. The Hall–Kier alpha value is -3.15. The summed E-state index contributed by atoms with van der Waals surface area (Å²) in [4.78, 5) is 21.2. The summed E-state index contributed by atoms with van der Waals surface area (Å²) in [5.74, 6) is 0.194. The number of carbonyl (C=O) groups is 1. The van der Waals surface area contributed by atoms with Crippen LogP contribution in [0.5, 0.6) is 5.88 Å². The molecule has 3 aromatic rings. The molecule has 6 nitrogen and oxygen atoms in total. The van der Waals surface area contributed by atoms with Crippen LogP contribution in [0, 0.1) is 0 Å². The van der Waals surface area contributed by atoms with Gasteiger partial charge in [0, 0.05) is 5.69 Å². The monoisotopic (exact) mass is 294 g/mol. The summed E-state index contributed by atoms with van der Waals surface area (Å²) < 4.78 is 5.20. The van der Waals surface area contributed by atoms with E-state index >= 15 is 0 Å². The maximum Gasteiger partial charge on any atom is 0.258 e. The number of para-hydroxylation sites is 3. The topological polar surface area (TPSA) is 78.4 Å². The zero-order valence-corrected chi connectivity index (χ0v) is 11.8. The van der Waals surface area contributed by atoms with E-state index in [1.807, 2.05) is 6.07 Å². The molecule has 0 bridgehead atoms. The summed E-state index contributed by atoms with van der Waals surface area (Å²) in [5.41, 5.74) is 1.60. The van der Waals surface area contributed by atoms with Gasteiger partial charge in [-0.15, -0.1) is 0 Å². The lowest BCUT2D eigenvalue weighted by atomic mass is 10.3. The van der Waals surface area contributed by atoms with Gasteiger partial charge in [0.15, 0.2) is 0 Å². The number of carboxylic acid groups (broad SMARTS) is 1. The fourth-order valence-corrected chi connectivity index (χ4v) is 2.15. The van der Waals surface area contributed by atoms with Gasteiger partial charge in [0.1, 0.15) is 6.09 Å². The van der Waals surface area contributed by atoms with E-state index in [0.29, 0.717) is 16.7 Å². The van der Waals surface area contributed by atoms with Crippen molar-refractivity contribution in [2.24, 2.45) is 0 Å². The maximum absolute atomic E-state index is 11.6. The van der Waals surface area contributed by atoms with Gasteiger partial charge >= 0.3 is 0 Å². The van der Waals surface area contributed by atoms with Gasteiger partial charge in [-0.05, 0) is 24.3 Å². The molecular formula is C16H12N3O3-. The van der Waals surface area contributed by atoms with Gasteiger partial charge in [-0.2, -0.15) is 0 Å². The molecule has 0 atom stereocenters. The van der Waals surface area contributed by atoms with E-state index in [0.717, 1.165) is 4.90 Å². The molecular weight excluding hydrogens is 282 g/mol. The minimum Gasteiger partial charge on any atom is -0.529 e. The average molecular weight is 294 g/mol. The Kier molecular flexibility index (Phi) is 3.57. The maximum atomic E-state index is 11.6. The van der Waals surface area contributed by atoms with Crippen LogP contribution < -0.4 is 14.7 Å². The first-order chi connectivity index (χ1) is 10.7. The fourth-order valence-electron chi connectivity index (χ4n) is 2.15. The predicted molar refractivity (Wildman–Crippen MR) is 80.1 cm³/mol. The van der Waals surface area contributed by atoms with Gasteiger partial charge < -0.3 is 14.6 Å². The molecule has 0 radical (unpaired) electrons. The molecule has 110 valence electrons. The van der Waals surface area contributed by atoms with Crippen molar-refractivity contribution in [2.45, 2.75) is 0 Å². The highest BCUT2D eigenvalue weighted by atomic mass is 16.5. The molecule has 0 fully saturated rings. The molecule has 1 amide bonds. The summed E-state index contributed by atoms with van der Waals surface area (Å²) in [5, 5.41) is 11.6. The van der Waals surface area contributed by atoms with Crippen molar-refractivity contribution in [3.8, 4) is 5.88 Å². The summed E-state index contributed by atoms with van der Waals surface area (Å²) in [7, 11) is 1.42. The van der Waals surface area contributed by atoms with Crippen LogP contribution in [0.1, 0.15) is 0 Å². The van der Waals surface area contributed by atoms with Gasteiger partial charge in [-0.25, -0.2) is 9.97 Å². The van der Waals surface area contributed by atoms with E-state index in [1.165, 1.54) is 7.11 Å². The van der Waals surface area contributed by atoms with Crippen molar-refractivity contribution < 1.29 is 14.6 Å². The van der Waals surface area contributed by atoms with Crippen molar-refractivity contribution in [3.63, 3.8) is 0 Å². The van der Waals surface area contributed by atoms with Gasteiger partial charge in [0.05, 0.1) is 18.1 Å². The second-order valence-electron chi connectivity index (χ2n) is 4.48. The SMILES string of the molecule is COc1nc2ccccc2nc1N(C(=O)[O-])c1ccccc1. The lowest BCUT2D eigenvalue weighted by Gasteiger charge is -2.25. The number of rotatable bonds is 3. The zero-order valence-electron chi connectivity index (χ0n) is 11.8.